The van der Waals surface area contributed by atoms with Crippen LogP contribution in [0.2, 0.25) is 0 Å². The quantitative estimate of drug-likeness (QED) is 0.667. The number of hydrogen-bond acceptors (Lipinski definition) is 1. The van der Waals surface area contributed by atoms with Gasteiger partial charge in [-0.2, -0.15) is 0 Å². The zero-order valence-electron chi connectivity index (χ0n) is 10.8. The summed E-state index contributed by atoms with van der Waals surface area (Å²) in [5.41, 5.74) is 3.35. The van der Waals surface area contributed by atoms with E-state index in [-0.39, 0.29) is 0 Å². The summed E-state index contributed by atoms with van der Waals surface area (Å²) in [5, 5.41) is 3.44. The molecule has 1 N–H and O–H groups in total. The molecule has 1 nitrogen and oxygen atoms in total. The van der Waals surface area contributed by atoms with E-state index in [1.165, 1.54) is 13.0 Å². The molecule has 1 heteroatoms. The summed E-state index contributed by atoms with van der Waals surface area (Å²) in [4.78, 5) is 0. The Morgan fingerprint density at radius 1 is 0.929 bits per heavy atom. The van der Waals surface area contributed by atoms with E-state index in [9.17, 15) is 0 Å². The summed E-state index contributed by atoms with van der Waals surface area (Å²) in [6.45, 7) is 15.5. The number of nitrogens with one attached hydrogen (secondary N) is 1. The molecular weight excluding hydrogens is 170 g/mol. The predicted octanol–water partition coefficient (Wildman–Crippen LogP) is 3.61. The van der Waals surface area contributed by atoms with Gasteiger partial charge in [0, 0.05) is 6.54 Å². The van der Waals surface area contributed by atoms with Crippen LogP contribution >= 0.6 is 0 Å². The Kier molecular flexibility index (Phi) is 6.90. The van der Waals surface area contributed by atoms with Crippen molar-refractivity contribution in [2.45, 2.75) is 48.0 Å². The Bertz CT molecular complexity index is 158. The van der Waals surface area contributed by atoms with Gasteiger partial charge in [-0.3, -0.25) is 0 Å². The maximum Gasteiger partial charge on any atom is 0.0170 e. The minimum Gasteiger partial charge on any atom is -0.313 e. The van der Waals surface area contributed by atoms with Gasteiger partial charge in [-0.15, -0.1) is 0 Å². The van der Waals surface area contributed by atoms with Crippen molar-refractivity contribution in [3.05, 3.63) is 11.1 Å². The van der Waals surface area contributed by atoms with E-state index in [0.717, 1.165) is 18.4 Å². The third-order valence-corrected chi connectivity index (χ3v) is 2.69. The fourth-order valence-electron chi connectivity index (χ4n) is 1.95. The van der Waals surface area contributed by atoms with Crippen LogP contribution in [0.5, 0.6) is 0 Å². The van der Waals surface area contributed by atoms with Crippen LogP contribution in [0.15, 0.2) is 11.1 Å². The Balaban J connectivity index is 0.000000791. The standard InChI is InChI=1S/C11H21N.C2H6/c1-8(2)10-5-6-12-7-11(10)9(3)4;1-2/h8-9,12H,5-7H2,1-4H3;1-2H3. The molecule has 0 fully saturated rings. The van der Waals surface area contributed by atoms with Crippen molar-refractivity contribution < 1.29 is 0 Å². The van der Waals surface area contributed by atoms with E-state index >= 15 is 0 Å². The van der Waals surface area contributed by atoms with Crippen molar-refractivity contribution in [2.24, 2.45) is 11.8 Å². The molecular formula is C13H27N. The summed E-state index contributed by atoms with van der Waals surface area (Å²) in [7, 11) is 0. The molecule has 1 aliphatic rings. The van der Waals surface area contributed by atoms with Crippen LogP contribution in [-0.4, -0.2) is 13.1 Å². The predicted molar refractivity (Wildman–Crippen MR) is 65.5 cm³/mol. The van der Waals surface area contributed by atoms with E-state index in [1.54, 1.807) is 11.1 Å². The van der Waals surface area contributed by atoms with Crippen LogP contribution in [0.4, 0.5) is 0 Å². The molecule has 84 valence electrons. The lowest BCUT2D eigenvalue weighted by Crippen LogP contribution is -2.28. The van der Waals surface area contributed by atoms with Gasteiger partial charge in [0.2, 0.25) is 0 Å². The van der Waals surface area contributed by atoms with Crippen molar-refractivity contribution in [3.8, 4) is 0 Å². The van der Waals surface area contributed by atoms with Crippen molar-refractivity contribution in [1.82, 2.24) is 5.32 Å². The Hall–Kier alpha value is -0.300. The average Bonchev–Trinajstić information content (AvgIpc) is 2.20. The fraction of sp³-hybridized carbons (Fsp3) is 0.846. The lowest BCUT2D eigenvalue weighted by Gasteiger charge is -2.26. The van der Waals surface area contributed by atoms with Crippen molar-refractivity contribution >= 4 is 0 Å². The normalized spacial score (nSPS) is 17.1. The minimum atomic E-state index is 0.718. The largest absolute Gasteiger partial charge is 0.313 e. The lowest BCUT2D eigenvalue weighted by atomic mass is 9.86. The molecule has 0 spiro atoms. The molecule has 1 rings (SSSR count). The van der Waals surface area contributed by atoms with Gasteiger partial charge in [0.15, 0.2) is 0 Å². The first-order valence-electron chi connectivity index (χ1n) is 6.05. The van der Waals surface area contributed by atoms with Crippen molar-refractivity contribution in [1.29, 1.82) is 0 Å². The maximum absolute atomic E-state index is 3.44. The molecule has 1 aliphatic heterocycles. The molecule has 0 amide bonds. The van der Waals surface area contributed by atoms with Crippen LogP contribution in [-0.2, 0) is 0 Å². The highest BCUT2D eigenvalue weighted by Crippen LogP contribution is 2.25. The molecule has 0 aromatic carbocycles. The van der Waals surface area contributed by atoms with Gasteiger partial charge in [-0.1, -0.05) is 52.7 Å². The van der Waals surface area contributed by atoms with Gasteiger partial charge in [0.05, 0.1) is 0 Å². The van der Waals surface area contributed by atoms with Crippen molar-refractivity contribution in [2.75, 3.05) is 13.1 Å². The molecule has 0 aromatic rings. The first-order chi connectivity index (χ1) is 6.63. The highest BCUT2D eigenvalue weighted by atomic mass is 14.9. The summed E-state index contributed by atoms with van der Waals surface area (Å²) >= 11 is 0. The van der Waals surface area contributed by atoms with E-state index in [4.69, 9.17) is 0 Å². The van der Waals surface area contributed by atoms with Crippen LogP contribution in [0.3, 0.4) is 0 Å². The van der Waals surface area contributed by atoms with E-state index < -0.39 is 0 Å². The average molecular weight is 197 g/mol. The minimum absolute atomic E-state index is 0.718. The van der Waals surface area contributed by atoms with Gasteiger partial charge in [0.25, 0.3) is 0 Å². The molecule has 0 aromatic heterocycles. The van der Waals surface area contributed by atoms with E-state index in [1.807, 2.05) is 13.8 Å². The van der Waals surface area contributed by atoms with Crippen LogP contribution in [0, 0.1) is 11.8 Å². The van der Waals surface area contributed by atoms with E-state index in [0.29, 0.717) is 0 Å². The van der Waals surface area contributed by atoms with Crippen LogP contribution in [0.1, 0.15) is 48.0 Å². The van der Waals surface area contributed by atoms with Crippen LogP contribution < -0.4 is 5.32 Å². The fourth-order valence-corrected chi connectivity index (χ4v) is 1.95. The van der Waals surface area contributed by atoms with Gasteiger partial charge in [-0.25, -0.2) is 0 Å². The topological polar surface area (TPSA) is 12.0 Å². The third kappa shape index (κ3) is 3.83. The first kappa shape index (κ1) is 13.7. The first-order valence-corrected chi connectivity index (χ1v) is 6.05. The molecule has 1 heterocycles. The summed E-state index contributed by atoms with van der Waals surface area (Å²) in [6, 6.07) is 0. The number of rotatable bonds is 2. The molecule has 0 saturated heterocycles. The summed E-state index contributed by atoms with van der Waals surface area (Å²) < 4.78 is 0. The van der Waals surface area contributed by atoms with Gasteiger partial charge >= 0.3 is 0 Å². The Morgan fingerprint density at radius 3 is 1.79 bits per heavy atom. The van der Waals surface area contributed by atoms with Crippen LogP contribution in [0.25, 0.3) is 0 Å². The summed E-state index contributed by atoms with van der Waals surface area (Å²) in [6.07, 6.45) is 1.26. The monoisotopic (exact) mass is 197 g/mol. The molecule has 0 saturated carbocycles. The lowest BCUT2D eigenvalue weighted by molar-refractivity contribution is 0.557. The highest BCUT2D eigenvalue weighted by molar-refractivity contribution is 5.22. The number of hydrogen-bond donors (Lipinski definition) is 1. The second kappa shape index (κ2) is 7.05. The smallest absolute Gasteiger partial charge is 0.0170 e. The second-order valence-corrected chi connectivity index (χ2v) is 4.29. The maximum atomic E-state index is 3.44. The molecule has 14 heavy (non-hydrogen) atoms. The zero-order valence-corrected chi connectivity index (χ0v) is 10.8. The summed E-state index contributed by atoms with van der Waals surface area (Å²) in [5.74, 6) is 1.46. The Labute approximate surface area is 90.0 Å². The van der Waals surface area contributed by atoms with Gasteiger partial charge < -0.3 is 5.32 Å². The third-order valence-electron chi connectivity index (χ3n) is 2.69. The van der Waals surface area contributed by atoms with Gasteiger partial charge in [0.1, 0.15) is 0 Å². The molecule has 0 atom stereocenters. The highest BCUT2D eigenvalue weighted by Gasteiger charge is 2.16. The Morgan fingerprint density at radius 2 is 1.43 bits per heavy atom. The van der Waals surface area contributed by atoms with Gasteiger partial charge in [-0.05, 0) is 24.8 Å². The van der Waals surface area contributed by atoms with E-state index in [2.05, 4.69) is 33.0 Å². The second-order valence-electron chi connectivity index (χ2n) is 4.29. The molecule has 0 radical (unpaired) electrons. The molecule has 0 bridgehead atoms. The zero-order chi connectivity index (χ0) is 11.1. The molecule has 0 unspecified atom stereocenters. The van der Waals surface area contributed by atoms with Crippen molar-refractivity contribution in [3.63, 3.8) is 0 Å². The molecule has 0 aliphatic carbocycles. The SMILES string of the molecule is CC.CC(C)C1=C(C(C)C)CNCC1.